The molecule has 36 heavy (non-hydrogen) atoms. The Labute approximate surface area is 217 Å². The number of nitrogens with zero attached hydrogens (tertiary/aromatic N) is 5. The van der Waals surface area contributed by atoms with E-state index in [1.54, 1.807) is 0 Å². The number of thiazole rings is 1. The number of hydrogen-bond donors (Lipinski definition) is 1. The lowest BCUT2D eigenvalue weighted by atomic mass is 9.96. The Morgan fingerprint density at radius 3 is 2.44 bits per heavy atom. The van der Waals surface area contributed by atoms with Gasteiger partial charge in [-0.25, -0.2) is 9.99 Å². The molecule has 9 heteroatoms. The number of halogens is 1. The lowest BCUT2D eigenvalue weighted by Crippen LogP contribution is -2.28. The zero-order chi connectivity index (χ0) is 24.6. The number of hydrogen-bond acceptors (Lipinski definition) is 8. The number of anilines is 2. The van der Waals surface area contributed by atoms with Gasteiger partial charge < -0.3 is 4.52 Å². The minimum Gasteiger partial charge on any atom is -0.336 e. The molecule has 1 unspecified atom stereocenters. The fraction of sp³-hybridized carbons (Fsp3) is 0.111. The molecule has 178 valence electrons. The minimum atomic E-state index is -0.230. The molecule has 0 aliphatic carbocycles. The van der Waals surface area contributed by atoms with Crippen molar-refractivity contribution in [1.82, 2.24) is 10.1 Å². The number of rotatable bonds is 5. The number of nitrogens with one attached hydrogen (secondary N) is 1. The number of azo groups is 1. The second kappa shape index (κ2) is 9.22. The Kier molecular flexibility index (Phi) is 5.75. The summed E-state index contributed by atoms with van der Waals surface area (Å²) in [6.45, 7) is 3.98. The van der Waals surface area contributed by atoms with Crippen molar-refractivity contribution in [2.75, 3.05) is 10.4 Å². The van der Waals surface area contributed by atoms with Crippen molar-refractivity contribution in [2.45, 2.75) is 19.9 Å². The van der Waals surface area contributed by atoms with Gasteiger partial charge in [0.15, 0.2) is 5.00 Å². The Hall–Kier alpha value is -4.01. The highest BCUT2D eigenvalue weighted by Gasteiger charge is 2.40. The topological polar surface area (TPSA) is 78.9 Å². The van der Waals surface area contributed by atoms with Gasteiger partial charge in [0.2, 0.25) is 11.0 Å². The van der Waals surface area contributed by atoms with Gasteiger partial charge in [-0.15, -0.1) is 10.2 Å². The van der Waals surface area contributed by atoms with Crippen molar-refractivity contribution in [3.05, 3.63) is 106 Å². The summed E-state index contributed by atoms with van der Waals surface area (Å²) in [5.74, 6) is 0.587. The molecule has 2 aromatic heterocycles. The van der Waals surface area contributed by atoms with Crippen molar-refractivity contribution < 1.29 is 4.52 Å². The standard InChI is InChI=1S/C27H21ClN6OS/c1-16-8-14-21(15-9-16)30-31-26-17(2)29-27(36-26)34-24(19-10-12-20(28)13-11-19)22-23(33-35-25(22)32-34)18-6-4-3-5-7-18/h3-15,24,32H,1-2H3. The maximum Gasteiger partial charge on any atom is 0.249 e. The molecule has 0 amide bonds. The van der Waals surface area contributed by atoms with E-state index in [-0.39, 0.29) is 6.04 Å². The van der Waals surface area contributed by atoms with Gasteiger partial charge >= 0.3 is 0 Å². The van der Waals surface area contributed by atoms with E-state index in [4.69, 9.17) is 21.1 Å². The third-order valence-electron chi connectivity index (χ3n) is 5.97. The predicted octanol–water partition coefficient (Wildman–Crippen LogP) is 8.42. The monoisotopic (exact) mass is 512 g/mol. The van der Waals surface area contributed by atoms with Crippen LogP contribution in [0.1, 0.15) is 28.4 Å². The van der Waals surface area contributed by atoms with Crippen LogP contribution >= 0.6 is 22.9 Å². The molecule has 6 rings (SSSR count). The van der Waals surface area contributed by atoms with Crippen molar-refractivity contribution in [3.8, 4) is 11.3 Å². The number of fused-ring (bicyclic) bond motifs is 1. The maximum absolute atomic E-state index is 6.20. The van der Waals surface area contributed by atoms with Gasteiger partial charge in [-0.1, -0.05) is 88.3 Å². The van der Waals surface area contributed by atoms with Crippen LogP contribution in [0.5, 0.6) is 0 Å². The van der Waals surface area contributed by atoms with E-state index >= 15 is 0 Å². The first-order chi connectivity index (χ1) is 17.6. The largest absolute Gasteiger partial charge is 0.336 e. The highest BCUT2D eigenvalue weighted by atomic mass is 35.5. The first kappa shape index (κ1) is 22.5. The van der Waals surface area contributed by atoms with E-state index in [1.807, 2.05) is 97.7 Å². The summed E-state index contributed by atoms with van der Waals surface area (Å²) in [5, 5.41) is 17.4. The quantitative estimate of drug-likeness (QED) is 0.239. The normalized spacial score (nSPS) is 14.9. The van der Waals surface area contributed by atoms with E-state index in [1.165, 1.54) is 16.9 Å². The molecule has 0 fully saturated rings. The van der Waals surface area contributed by atoms with Gasteiger partial charge in [0, 0.05) is 10.6 Å². The molecule has 7 nitrogen and oxygen atoms in total. The number of aromatic nitrogens is 2. The Morgan fingerprint density at radius 2 is 1.69 bits per heavy atom. The molecule has 3 heterocycles. The van der Waals surface area contributed by atoms with Gasteiger partial charge in [-0.3, -0.25) is 5.43 Å². The van der Waals surface area contributed by atoms with Gasteiger partial charge in [0.05, 0.1) is 16.9 Å². The smallest absolute Gasteiger partial charge is 0.249 e. The average molecular weight is 513 g/mol. The number of aryl methyl sites for hydroxylation is 2. The molecule has 0 bridgehead atoms. The summed E-state index contributed by atoms with van der Waals surface area (Å²) in [5.41, 5.74) is 9.89. The zero-order valence-corrected chi connectivity index (χ0v) is 21.1. The van der Waals surface area contributed by atoms with Crippen LogP contribution in [0.3, 0.4) is 0 Å². The van der Waals surface area contributed by atoms with Crippen LogP contribution in [-0.2, 0) is 0 Å². The summed E-state index contributed by atoms with van der Waals surface area (Å²) < 4.78 is 5.75. The first-order valence-electron chi connectivity index (χ1n) is 11.4. The minimum absolute atomic E-state index is 0.230. The highest BCUT2D eigenvalue weighted by molar-refractivity contribution is 7.19. The molecule has 0 saturated carbocycles. The SMILES string of the molecule is Cc1ccc(N=Nc2sc(N3Nc4onc(-c5ccccc5)c4C3c3ccc(Cl)cc3)nc2C)cc1. The van der Waals surface area contributed by atoms with Gasteiger partial charge in [0.1, 0.15) is 11.7 Å². The molecule has 0 saturated heterocycles. The molecule has 0 spiro atoms. The van der Waals surface area contributed by atoms with Crippen LogP contribution in [0.2, 0.25) is 5.02 Å². The van der Waals surface area contributed by atoms with E-state index in [2.05, 4.69) is 20.8 Å². The summed E-state index contributed by atoms with van der Waals surface area (Å²) in [7, 11) is 0. The second-order valence-corrected chi connectivity index (χ2v) is 9.89. The van der Waals surface area contributed by atoms with Crippen LogP contribution in [0, 0.1) is 13.8 Å². The van der Waals surface area contributed by atoms with Gasteiger partial charge in [-0.05, 0) is 43.7 Å². The first-order valence-corrected chi connectivity index (χ1v) is 12.6. The molecule has 5 aromatic rings. The van der Waals surface area contributed by atoms with Crippen LogP contribution in [-0.4, -0.2) is 10.1 Å². The van der Waals surface area contributed by atoms with Crippen LogP contribution in [0.25, 0.3) is 11.3 Å². The number of hydrazine groups is 1. The molecule has 3 aromatic carbocycles. The van der Waals surface area contributed by atoms with Gasteiger partial charge in [-0.2, -0.15) is 0 Å². The van der Waals surface area contributed by atoms with Crippen molar-refractivity contribution in [2.24, 2.45) is 10.2 Å². The third kappa shape index (κ3) is 4.14. The summed E-state index contributed by atoms with van der Waals surface area (Å²) >= 11 is 7.66. The Morgan fingerprint density at radius 1 is 0.944 bits per heavy atom. The van der Waals surface area contributed by atoms with Crippen LogP contribution in [0.15, 0.2) is 93.6 Å². The lowest BCUT2D eigenvalue weighted by Gasteiger charge is -2.24. The molecule has 1 N–H and O–H groups in total. The van der Waals surface area contributed by atoms with Crippen molar-refractivity contribution in [3.63, 3.8) is 0 Å². The Bertz CT molecular complexity index is 1540. The van der Waals surface area contributed by atoms with E-state index in [0.29, 0.717) is 10.9 Å². The fourth-order valence-electron chi connectivity index (χ4n) is 4.14. The van der Waals surface area contributed by atoms with Crippen molar-refractivity contribution in [1.29, 1.82) is 0 Å². The summed E-state index contributed by atoms with van der Waals surface area (Å²) in [6, 6.07) is 25.5. The zero-order valence-electron chi connectivity index (χ0n) is 19.5. The molecule has 0 radical (unpaired) electrons. The highest BCUT2D eigenvalue weighted by Crippen LogP contribution is 2.48. The predicted molar refractivity (Wildman–Crippen MR) is 144 cm³/mol. The molecule has 1 aliphatic rings. The average Bonchev–Trinajstić information content (AvgIpc) is 3.58. The van der Waals surface area contributed by atoms with E-state index in [9.17, 15) is 0 Å². The number of benzene rings is 3. The van der Waals surface area contributed by atoms with Crippen LogP contribution < -0.4 is 10.4 Å². The molecular weight excluding hydrogens is 492 g/mol. The van der Waals surface area contributed by atoms with Crippen LogP contribution in [0.4, 0.5) is 21.7 Å². The van der Waals surface area contributed by atoms with Gasteiger partial charge in [0.25, 0.3) is 0 Å². The molecule has 1 atom stereocenters. The summed E-state index contributed by atoms with van der Waals surface area (Å²) in [4.78, 5) is 4.82. The Balaban J connectivity index is 1.40. The van der Waals surface area contributed by atoms with E-state index in [0.717, 1.165) is 43.9 Å². The fourth-order valence-corrected chi connectivity index (χ4v) is 5.15. The maximum atomic E-state index is 6.20. The van der Waals surface area contributed by atoms with Crippen molar-refractivity contribution >= 4 is 44.6 Å². The third-order valence-corrected chi connectivity index (χ3v) is 7.26. The van der Waals surface area contributed by atoms with E-state index < -0.39 is 0 Å². The lowest BCUT2D eigenvalue weighted by molar-refractivity contribution is 0.435. The molecular formula is C27H21ClN6OS. The molecule has 1 aliphatic heterocycles. The summed E-state index contributed by atoms with van der Waals surface area (Å²) in [6.07, 6.45) is 0. The second-order valence-electron chi connectivity index (χ2n) is 8.50.